The van der Waals surface area contributed by atoms with Gasteiger partial charge in [0, 0.05) is 18.9 Å². The van der Waals surface area contributed by atoms with Crippen LogP contribution >= 0.6 is 0 Å². The number of pyridine rings is 1. The summed E-state index contributed by atoms with van der Waals surface area (Å²) in [5.74, 6) is -0.901. The molecule has 0 aliphatic heterocycles. The predicted molar refractivity (Wildman–Crippen MR) is 77.5 cm³/mol. The molecule has 0 unspecified atom stereocenters. The Labute approximate surface area is 123 Å². The summed E-state index contributed by atoms with van der Waals surface area (Å²) in [5, 5.41) is 2.69. The second-order valence-corrected chi connectivity index (χ2v) is 4.58. The van der Waals surface area contributed by atoms with Gasteiger partial charge in [-0.25, -0.2) is 4.79 Å². The van der Waals surface area contributed by atoms with Gasteiger partial charge in [-0.1, -0.05) is 29.8 Å². The number of ether oxygens (including phenoxy) is 1. The van der Waals surface area contributed by atoms with E-state index in [-0.39, 0.29) is 12.5 Å². The van der Waals surface area contributed by atoms with Crippen LogP contribution in [0.5, 0.6) is 0 Å². The molecule has 0 atom stereocenters. The van der Waals surface area contributed by atoms with Crippen molar-refractivity contribution in [1.29, 1.82) is 0 Å². The summed E-state index contributed by atoms with van der Waals surface area (Å²) in [6, 6.07) is 11.1. The summed E-state index contributed by atoms with van der Waals surface area (Å²) in [6.07, 6.45) is 2.96. The van der Waals surface area contributed by atoms with Crippen LogP contribution in [0.3, 0.4) is 0 Å². The Bertz CT molecular complexity index is 609. The number of hydrogen-bond donors (Lipinski definition) is 1. The van der Waals surface area contributed by atoms with E-state index in [0.29, 0.717) is 12.1 Å². The van der Waals surface area contributed by atoms with E-state index in [1.807, 2.05) is 31.2 Å². The molecule has 0 saturated carbocycles. The van der Waals surface area contributed by atoms with Gasteiger partial charge in [-0.15, -0.1) is 0 Å². The molecule has 5 heteroatoms. The summed E-state index contributed by atoms with van der Waals surface area (Å²) >= 11 is 0. The van der Waals surface area contributed by atoms with Crippen molar-refractivity contribution >= 4 is 11.9 Å². The summed E-state index contributed by atoms with van der Waals surface area (Å²) in [7, 11) is 0. The van der Waals surface area contributed by atoms with Crippen molar-refractivity contribution in [3.8, 4) is 0 Å². The minimum atomic E-state index is -0.561. The molecule has 1 amide bonds. The Morgan fingerprint density at radius 3 is 2.62 bits per heavy atom. The Kier molecular flexibility index (Phi) is 5.04. The standard InChI is InChI=1S/C16H16N2O3/c1-12-4-6-13(7-5-12)9-18-15(19)11-21-16(20)14-3-2-8-17-10-14/h2-8,10H,9,11H2,1H3,(H,18,19). The Morgan fingerprint density at radius 2 is 1.95 bits per heavy atom. The van der Waals surface area contributed by atoms with Gasteiger partial charge in [-0.2, -0.15) is 0 Å². The molecule has 0 aliphatic carbocycles. The minimum absolute atomic E-state index is 0.306. The molecule has 1 heterocycles. The fourth-order valence-electron chi connectivity index (χ4n) is 1.66. The quantitative estimate of drug-likeness (QED) is 0.851. The maximum Gasteiger partial charge on any atom is 0.340 e. The molecule has 0 bridgehead atoms. The highest BCUT2D eigenvalue weighted by Gasteiger charge is 2.09. The largest absolute Gasteiger partial charge is 0.452 e. The predicted octanol–water partition coefficient (Wildman–Crippen LogP) is 1.86. The summed E-state index contributed by atoms with van der Waals surface area (Å²) in [5.41, 5.74) is 2.48. The molecule has 2 rings (SSSR count). The van der Waals surface area contributed by atoms with Crippen LogP contribution in [0.25, 0.3) is 0 Å². The maximum atomic E-state index is 11.6. The van der Waals surface area contributed by atoms with Gasteiger partial charge in [-0.05, 0) is 24.6 Å². The highest BCUT2D eigenvalue weighted by molar-refractivity contribution is 5.90. The monoisotopic (exact) mass is 284 g/mol. The normalized spacial score (nSPS) is 9.95. The Hall–Kier alpha value is -2.69. The van der Waals surface area contributed by atoms with Crippen molar-refractivity contribution < 1.29 is 14.3 Å². The first-order valence-corrected chi connectivity index (χ1v) is 6.54. The molecule has 21 heavy (non-hydrogen) atoms. The highest BCUT2D eigenvalue weighted by Crippen LogP contribution is 2.02. The number of carbonyl (C=O) groups excluding carboxylic acids is 2. The number of carbonyl (C=O) groups is 2. The molecule has 1 aromatic heterocycles. The number of aryl methyl sites for hydroxylation is 1. The third-order valence-electron chi connectivity index (χ3n) is 2.84. The second kappa shape index (κ2) is 7.19. The number of hydrogen-bond acceptors (Lipinski definition) is 4. The lowest BCUT2D eigenvalue weighted by Gasteiger charge is -2.07. The molecule has 2 aromatic rings. The highest BCUT2D eigenvalue weighted by atomic mass is 16.5. The number of nitrogens with one attached hydrogen (secondary N) is 1. The van der Waals surface area contributed by atoms with Gasteiger partial charge in [0.1, 0.15) is 0 Å². The molecule has 5 nitrogen and oxygen atoms in total. The molecular weight excluding hydrogens is 268 g/mol. The first kappa shape index (κ1) is 14.7. The second-order valence-electron chi connectivity index (χ2n) is 4.58. The van der Waals surface area contributed by atoms with E-state index in [1.54, 1.807) is 18.3 Å². The van der Waals surface area contributed by atoms with Gasteiger partial charge >= 0.3 is 5.97 Å². The Balaban J connectivity index is 1.75. The molecule has 0 aliphatic rings. The van der Waals surface area contributed by atoms with E-state index in [1.165, 1.54) is 6.20 Å². The van der Waals surface area contributed by atoms with Crippen LogP contribution in [-0.2, 0) is 16.1 Å². The van der Waals surface area contributed by atoms with E-state index < -0.39 is 5.97 Å². The van der Waals surface area contributed by atoms with Crippen LogP contribution in [0.4, 0.5) is 0 Å². The zero-order chi connectivity index (χ0) is 15.1. The molecule has 1 aromatic carbocycles. The molecule has 108 valence electrons. The van der Waals surface area contributed by atoms with Gasteiger partial charge in [-0.3, -0.25) is 9.78 Å². The Morgan fingerprint density at radius 1 is 1.19 bits per heavy atom. The summed E-state index contributed by atoms with van der Waals surface area (Å²) in [4.78, 5) is 27.0. The van der Waals surface area contributed by atoms with Crippen molar-refractivity contribution in [2.24, 2.45) is 0 Å². The molecular formula is C16H16N2O3. The number of aromatic nitrogens is 1. The SMILES string of the molecule is Cc1ccc(CNC(=O)COC(=O)c2cccnc2)cc1. The van der Waals surface area contributed by atoms with Crippen LogP contribution < -0.4 is 5.32 Å². The first-order valence-electron chi connectivity index (χ1n) is 6.54. The minimum Gasteiger partial charge on any atom is -0.452 e. The third-order valence-corrected chi connectivity index (χ3v) is 2.84. The summed E-state index contributed by atoms with van der Waals surface area (Å²) < 4.78 is 4.91. The maximum absolute atomic E-state index is 11.6. The number of benzene rings is 1. The lowest BCUT2D eigenvalue weighted by atomic mass is 10.1. The van der Waals surface area contributed by atoms with Gasteiger partial charge in [0.25, 0.3) is 5.91 Å². The van der Waals surface area contributed by atoms with E-state index in [2.05, 4.69) is 10.3 Å². The van der Waals surface area contributed by atoms with Crippen molar-refractivity contribution in [3.63, 3.8) is 0 Å². The van der Waals surface area contributed by atoms with Gasteiger partial charge < -0.3 is 10.1 Å². The summed E-state index contributed by atoms with van der Waals surface area (Å²) in [6.45, 7) is 2.10. The zero-order valence-corrected chi connectivity index (χ0v) is 11.7. The van der Waals surface area contributed by atoms with E-state index in [4.69, 9.17) is 4.74 Å². The van der Waals surface area contributed by atoms with Gasteiger partial charge in [0.15, 0.2) is 6.61 Å². The number of amides is 1. The molecule has 0 spiro atoms. The average molecular weight is 284 g/mol. The molecule has 0 fully saturated rings. The molecule has 0 radical (unpaired) electrons. The van der Waals surface area contributed by atoms with Crippen LogP contribution in [0, 0.1) is 6.92 Å². The van der Waals surface area contributed by atoms with E-state index >= 15 is 0 Å². The van der Waals surface area contributed by atoms with Gasteiger partial charge in [0.2, 0.25) is 0 Å². The van der Waals surface area contributed by atoms with Crippen molar-refractivity contribution in [2.45, 2.75) is 13.5 Å². The molecule has 0 saturated heterocycles. The first-order chi connectivity index (χ1) is 10.1. The molecule has 1 N–H and O–H groups in total. The number of esters is 1. The van der Waals surface area contributed by atoms with Crippen molar-refractivity contribution in [2.75, 3.05) is 6.61 Å². The lowest BCUT2D eigenvalue weighted by molar-refractivity contribution is -0.124. The average Bonchev–Trinajstić information content (AvgIpc) is 2.53. The number of rotatable bonds is 5. The van der Waals surface area contributed by atoms with Crippen LogP contribution in [0.15, 0.2) is 48.8 Å². The van der Waals surface area contributed by atoms with Crippen LogP contribution in [0.2, 0.25) is 0 Å². The van der Waals surface area contributed by atoms with E-state index in [0.717, 1.165) is 11.1 Å². The van der Waals surface area contributed by atoms with E-state index in [9.17, 15) is 9.59 Å². The smallest absolute Gasteiger partial charge is 0.340 e. The third kappa shape index (κ3) is 4.72. The lowest BCUT2D eigenvalue weighted by Crippen LogP contribution is -2.28. The van der Waals surface area contributed by atoms with Crippen LogP contribution in [-0.4, -0.2) is 23.5 Å². The zero-order valence-electron chi connectivity index (χ0n) is 11.7. The van der Waals surface area contributed by atoms with Crippen molar-refractivity contribution in [1.82, 2.24) is 10.3 Å². The van der Waals surface area contributed by atoms with Gasteiger partial charge in [0.05, 0.1) is 5.56 Å². The van der Waals surface area contributed by atoms with Crippen molar-refractivity contribution in [3.05, 3.63) is 65.5 Å². The fraction of sp³-hybridized carbons (Fsp3) is 0.188. The topological polar surface area (TPSA) is 68.3 Å². The van der Waals surface area contributed by atoms with Crippen LogP contribution in [0.1, 0.15) is 21.5 Å². The fourth-order valence-corrected chi connectivity index (χ4v) is 1.66. The number of nitrogens with zero attached hydrogens (tertiary/aromatic N) is 1.